The molecule has 0 aliphatic heterocycles. The Kier molecular flexibility index (Phi) is 5.35. The van der Waals surface area contributed by atoms with Gasteiger partial charge in [0, 0.05) is 25.3 Å². The first-order valence-corrected chi connectivity index (χ1v) is 7.51. The van der Waals surface area contributed by atoms with Crippen molar-refractivity contribution < 1.29 is 9.59 Å². The summed E-state index contributed by atoms with van der Waals surface area (Å²) in [7, 11) is 0. The maximum absolute atomic E-state index is 11.7. The van der Waals surface area contributed by atoms with Gasteiger partial charge in [-0.3, -0.25) is 14.6 Å². The van der Waals surface area contributed by atoms with E-state index in [1.165, 1.54) is 11.6 Å². The topological polar surface area (TPSA) is 76.9 Å². The summed E-state index contributed by atoms with van der Waals surface area (Å²) >= 11 is 7.11. The van der Waals surface area contributed by atoms with Crippen molar-refractivity contribution in [1.82, 2.24) is 14.8 Å². The monoisotopic (exact) mass is 324 g/mol. The van der Waals surface area contributed by atoms with E-state index in [4.69, 9.17) is 11.6 Å². The van der Waals surface area contributed by atoms with Crippen molar-refractivity contribution in [3.63, 3.8) is 0 Å². The molecule has 6 nitrogen and oxygen atoms in total. The summed E-state index contributed by atoms with van der Waals surface area (Å²) in [6.45, 7) is 1.47. The number of halogens is 1. The van der Waals surface area contributed by atoms with Crippen molar-refractivity contribution in [3.8, 4) is 5.69 Å². The first-order valence-electron chi connectivity index (χ1n) is 6.15. The molecular weight excluding hydrogens is 312 g/mol. The van der Waals surface area contributed by atoms with Crippen molar-refractivity contribution in [3.05, 3.63) is 35.9 Å². The quantitative estimate of drug-likeness (QED) is 0.914. The van der Waals surface area contributed by atoms with Gasteiger partial charge in [-0.05, 0) is 12.1 Å². The van der Waals surface area contributed by atoms with E-state index in [0.29, 0.717) is 11.4 Å². The molecule has 110 valence electrons. The third-order valence-electron chi connectivity index (χ3n) is 2.49. The van der Waals surface area contributed by atoms with Crippen LogP contribution in [0.25, 0.3) is 5.69 Å². The van der Waals surface area contributed by atoms with Gasteiger partial charge in [0.25, 0.3) is 0 Å². The molecule has 0 spiro atoms. The second kappa shape index (κ2) is 7.24. The number of rotatable bonds is 5. The Hall–Kier alpha value is -1.86. The Bertz CT molecular complexity index is 645. The smallest absolute Gasteiger partial charge is 0.225 e. The fraction of sp³-hybridized carbons (Fsp3) is 0.231. The van der Waals surface area contributed by atoms with Crippen LogP contribution in [-0.4, -0.2) is 31.5 Å². The molecule has 0 aromatic carbocycles. The lowest BCUT2D eigenvalue weighted by Gasteiger charge is -2.01. The van der Waals surface area contributed by atoms with Crippen LogP contribution >= 0.6 is 23.4 Å². The van der Waals surface area contributed by atoms with Crippen LogP contribution in [0.15, 0.2) is 30.7 Å². The van der Waals surface area contributed by atoms with E-state index in [0.717, 1.165) is 17.4 Å². The van der Waals surface area contributed by atoms with Gasteiger partial charge in [-0.25, -0.2) is 4.68 Å². The molecule has 2 rings (SSSR count). The number of nitrogens with one attached hydrogen (secondary N) is 1. The van der Waals surface area contributed by atoms with Gasteiger partial charge in [0.1, 0.15) is 0 Å². The van der Waals surface area contributed by atoms with Crippen LogP contribution in [0, 0.1) is 0 Å². The number of anilines is 1. The average Bonchev–Trinajstić information content (AvgIpc) is 2.81. The summed E-state index contributed by atoms with van der Waals surface area (Å²) in [5.74, 6) is 0.228. The zero-order valence-corrected chi connectivity index (χ0v) is 12.8. The Morgan fingerprint density at radius 2 is 2.29 bits per heavy atom. The van der Waals surface area contributed by atoms with Gasteiger partial charge in [0.2, 0.25) is 5.91 Å². The van der Waals surface area contributed by atoms with Gasteiger partial charge in [0.15, 0.2) is 10.3 Å². The molecule has 0 atom stereocenters. The van der Waals surface area contributed by atoms with Crippen LogP contribution in [0.5, 0.6) is 0 Å². The number of pyridine rings is 1. The van der Waals surface area contributed by atoms with Crippen molar-refractivity contribution >= 4 is 40.1 Å². The summed E-state index contributed by atoms with van der Waals surface area (Å²) in [6, 6.07) is 3.60. The van der Waals surface area contributed by atoms with Gasteiger partial charge in [-0.1, -0.05) is 23.4 Å². The number of carbonyl (C=O) groups is 2. The molecule has 21 heavy (non-hydrogen) atoms. The molecule has 0 saturated carbocycles. The van der Waals surface area contributed by atoms with E-state index in [-0.39, 0.29) is 22.6 Å². The summed E-state index contributed by atoms with van der Waals surface area (Å²) < 4.78 is 1.54. The van der Waals surface area contributed by atoms with E-state index < -0.39 is 0 Å². The molecular formula is C13H13ClN4O2S. The molecule has 8 heteroatoms. The maximum Gasteiger partial charge on any atom is 0.225 e. The first-order chi connectivity index (χ1) is 10.1. The highest BCUT2D eigenvalue weighted by molar-refractivity contribution is 8.13. The van der Waals surface area contributed by atoms with Crippen molar-refractivity contribution in [2.24, 2.45) is 0 Å². The number of aromatic nitrogens is 3. The van der Waals surface area contributed by atoms with E-state index in [1.807, 2.05) is 6.07 Å². The molecule has 0 saturated heterocycles. The predicted octanol–water partition coefficient (Wildman–Crippen LogP) is 2.53. The van der Waals surface area contributed by atoms with Crippen molar-refractivity contribution in [2.75, 3.05) is 11.1 Å². The van der Waals surface area contributed by atoms with Gasteiger partial charge >= 0.3 is 0 Å². The minimum absolute atomic E-state index is 0.00905. The van der Waals surface area contributed by atoms with Gasteiger partial charge in [-0.15, -0.1) is 0 Å². The van der Waals surface area contributed by atoms with Gasteiger partial charge < -0.3 is 5.32 Å². The van der Waals surface area contributed by atoms with E-state index in [9.17, 15) is 9.59 Å². The molecule has 0 unspecified atom stereocenters. The Balaban J connectivity index is 2.00. The lowest BCUT2D eigenvalue weighted by molar-refractivity contribution is -0.115. The average molecular weight is 325 g/mol. The van der Waals surface area contributed by atoms with Crippen LogP contribution in [0.4, 0.5) is 5.69 Å². The van der Waals surface area contributed by atoms with Crippen LogP contribution in [-0.2, 0) is 9.59 Å². The summed E-state index contributed by atoms with van der Waals surface area (Å²) in [4.78, 5) is 26.5. The van der Waals surface area contributed by atoms with Crippen LogP contribution in [0.2, 0.25) is 5.15 Å². The fourth-order valence-corrected chi connectivity index (χ4v) is 2.31. The highest BCUT2D eigenvalue weighted by Crippen LogP contribution is 2.21. The third kappa shape index (κ3) is 4.57. The second-order valence-corrected chi connectivity index (χ2v) is 5.76. The van der Waals surface area contributed by atoms with Crippen LogP contribution in [0.3, 0.4) is 0 Å². The van der Waals surface area contributed by atoms with Crippen LogP contribution in [0.1, 0.15) is 13.3 Å². The largest absolute Gasteiger partial charge is 0.322 e. The van der Waals surface area contributed by atoms with E-state index in [2.05, 4.69) is 15.4 Å². The number of carbonyl (C=O) groups excluding carboxylic acids is 2. The number of hydrogen-bond acceptors (Lipinski definition) is 5. The molecule has 0 aliphatic carbocycles. The first kappa shape index (κ1) is 15.5. The number of amides is 1. The molecule has 2 aromatic rings. The zero-order valence-electron chi connectivity index (χ0n) is 11.2. The normalized spacial score (nSPS) is 10.4. The third-order valence-corrected chi connectivity index (χ3v) is 3.58. The van der Waals surface area contributed by atoms with Gasteiger partial charge in [-0.2, -0.15) is 5.10 Å². The Morgan fingerprint density at radius 1 is 1.48 bits per heavy atom. The summed E-state index contributed by atoms with van der Waals surface area (Å²) in [5, 5.41) is 6.98. The molecule has 0 aliphatic rings. The zero-order chi connectivity index (χ0) is 15.2. The molecule has 2 heterocycles. The standard InChI is InChI=1S/C13H13ClN4O2S/c1-9(19)21-6-4-12(20)16-11-8-18(17-13(11)14)10-3-2-5-15-7-10/h2-3,5,7-8H,4,6H2,1H3,(H,16,20). The van der Waals surface area contributed by atoms with Gasteiger partial charge in [0.05, 0.1) is 23.8 Å². The Labute approximate surface area is 130 Å². The van der Waals surface area contributed by atoms with E-state index in [1.54, 1.807) is 24.7 Å². The molecule has 1 N–H and O–H groups in total. The number of nitrogens with zero attached hydrogens (tertiary/aromatic N) is 3. The maximum atomic E-state index is 11.7. The molecule has 1 amide bonds. The Morgan fingerprint density at radius 3 is 2.95 bits per heavy atom. The molecule has 0 bridgehead atoms. The number of thioether (sulfide) groups is 1. The molecule has 0 radical (unpaired) electrons. The lowest BCUT2D eigenvalue weighted by atomic mass is 10.4. The van der Waals surface area contributed by atoms with Crippen molar-refractivity contribution in [1.29, 1.82) is 0 Å². The second-order valence-electron chi connectivity index (χ2n) is 4.13. The highest BCUT2D eigenvalue weighted by atomic mass is 35.5. The highest BCUT2D eigenvalue weighted by Gasteiger charge is 2.11. The molecule has 2 aromatic heterocycles. The lowest BCUT2D eigenvalue weighted by Crippen LogP contribution is -2.12. The predicted molar refractivity (Wildman–Crippen MR) is 82.8 cm³/mol. The SMILES string of the molecule is CC(=O)SCCC(=O)Nc1cn(-c2cccnc2)nc1Cl. The van der Waals surface area contributed by atoms with E-state index >= 15 is 0 Å². The summed E-state index contributed by atoms with van der Waals surface area (Å²) in [6.07, 6.45) is 5.15. The number of hydrogen-bond donors (Lipinski definition) is 1. The molecule has 0 fully saturated rings. The fourth-order valence-electron chi connectivity index (χ4n) is 1.56. The summed E-state index contributed by atoms with van der Waals surface area (Å²) in [5.41, 5.74) is 1.17. The van der Waals surface area contributed by atoms with Crippen molar-refractivity contribution in [2.45, 2.75) is 13.3 Å². The van der Waals surface area contributed by atoms with Crippen LogP contribution < -0.4 is 5.32 Å². The minimum Gasteiger partial charge on any atom is -0.322 e. The minimum atomic E-state index is -0.212.